The highest BCUT2D eigenvalue weighted by Gasteiger charge is 2.31. The maximum atomic E-state index is 12.7. The van der Waals surface area contributed by atoms with E-state index in [1.54, 1.807) is 13.8 Å². The van der Waals surface area contributed by atoms with Crippen molar-refractivity contribution < 1.29 is 24.3 Å². The second kappa shape index (κ2) is 14.5. The van der Waals surface area contributed by atoms with E-state index in [4.69, 9.17) is 5.73 Å². The minimum Gasteiger partial charge on any atom is -0.480 e. The van der Waals surface area contributed by atoms with Crippen LogP contribution in [-0.2, 0) is 19.2 Å². The first kappa shape index (κ1) is 28.5. The molecule has 11 heteroatoms. The molecule has 0 aliphatic carbocycles. The normalized spacial score (nSPS) is 15.2. The van der Waals surface area contributed by atoms with Crippen LogP contribution in [0.2, 0.25) is 0 Å². The molecule has 9 nitrogen and oxygen atoms in total. The van der Waals surface area contributed by atoms with E-state index >= 15 is 0 Å². The van der Waals surface area contributed by atoms with Gasteiger partial charge in [-0.3, -0.25) is 14.4 Å². The van der Waals surface area contributed by atoms with Crippen LogP contribution in [0.1, 0.15) is 40.5 Å². The fourth-order valence-electron chi connectivity index (χ4n) is 2.63. The summed E-state index contributed by atoms with van der Waals surface area (Å²) in [5.41, 5.74) is 5.85. The molecular weight excluding hydrogens is 428 g/mol. The first-order valence-electron chi connectivity index (χ1n) is 9.93. The molecule has 0 saturated heterocycles. The number of thioether (sulfide) groups is 1. The molecule has 0 saturated carbocycles. The minimum atomic E-state index is -1.13. The van der Waals surface area contributed by atoms with Crippen molar-refractivity contribution in [3.63, 3.8) is 0 Å². The van der Waals surface area contributed by atoms with Crippen molar-refractivity contribution in [1.82, 2.24) is 16.0 Å². The van der Waals surface area contributed by atoms with Gasteiger partial charge in [0.2, 0.25) is 17.7 Å². The second-order valence-electron chi connectivity index (χ2n) is 7.89. The molecule has 0 rings (SSSR count). The van der Waals surface area contributed by atoms with Gasteiger partial charge in [-0.2, -0.15) is 24.4 Å². The lowest BCUT2D eigenvalue weighted by Crippen LogP contribution is -2.59. The average Bonchev–Trinajstić information content (AvgIpc) is 2.65. The molecule has 0 heterocycles. The molecule has 6 N–H and O–H groups in total. The van der Waals surface area contributed by atoms with E-state index in [9.17, 15) is 24.3 Å². The smallest absolute Gasteiger partial charge is 0.326 e. The van der Waals surface area contributed by atoms with Crippen LogP contribution in [0.4, 0.5) is 0 Å². The predicted octanol–water partition coefficient (Wildman–Crippen LogP) is 0.238. The molecule has 30 heavy (non-hydrogen) atoms. The van der Waals surface area contributed by atoms with Gasteiger partial charge in [-0.05, 0) is 36.7 Å². The van der Waals surface area contributed by atoms with Crippen LogP contribution in [0.3, 0.4) is 0 Å². The Morgan fingerprint density at radius 2 is 1.53 bits per heavy atom. The maximum absolute atomic E-state index is 12.7. The van der Waals surface area contributed by atoms with Crippen molar-refractivity contribution >= 4 is 48.1 Å². The lowest BCUT2D eigenvalue weighted by molar-refractivity contribution is -0.142. The summed E-state index contributed by atoms with van der Waals surface area (Å²) >= 11 is 5.59. The Morgan fingerprint density at radius 3 is 1.97 bits per heavy atom. The zero-order valence-electron chi connectivity index (χ0n) is 18.3. The van der Waals surface area contributed by atoms with E-state index in [1.807, 2.05) is 20.1 Å². The standard InChI is InChI=1S/C19H36N4O5S2/c1-10(2)8-12(20)16(24)22-14(9-29)17(25)23-15(11(3)4)18(26)21-13(19(27)28)6-7-30-5/h10-15,29H,6-9,20H2,1-5H3,(H,21,26)(H,22,24)(H,23,25)(H,27,28). The summed E-state index contributed by atoms with van der Waals surface area (Å²) in [4.78, 5) is 48.9. The third kappa shape index (κ3) is 10.5. The van der Waals surface area contributed by atoms with E-state index in [-0.39, 0.29) is 24.0 Å². The Hall–Kier alpha value is -1.46. The van der Waals surface area contributed by atoms with Gasteiger partial charge in [0.1, 0.15) is 18.1 Å². The molecule has 0 radical (unpaired) electrons. The van der Waals surface area contributed by atoms with E-state index in [0.29, 0.717) is 12.2 Å². The zero-order chi connectivity index (χ0) is 23.4. The Labute approximate surface area is 188 Å². The number of carboxylic acid groups (broad SMARTS) is 1. The molecule has 0 fully saturated rings. The van der Waals surface area contributed by atoms with Crippen LogP contribution in [0.5, 0.6) is 0 Å². The summed E-state index contributed by atoms with van der Waals surface area (Å²) in [6.45, 7) is 7.33. The summed E-state index contributed by atoms with van der Waals surface area (Å²) in [5.74, 6) is -2.27. The van der Waals surface area contributed by atoms with Gasteiger partial charge in [0.25, 0.3) is 0 Å². The number of carboxylic acids is 1. The highest BCUT2D eigenvalue weighted by Crippen LogP contribution is 2.07. The van der Waals surface area contributed by atoms with Crippen LogP contribution in [0, 0.1) is 11.8 Å². The average molecular weight is 465 g/mol. The third-order valence-electron chi connectivity index (χ3n) is 4.35. The quantitative estimate of drug-likeness (QED) is 0.202. The number of nitrogens with two attached hydrogens (primary N) is 1. The molecule has 3 amide bonds. The molecule has 4 atom stereocenters. The predicted molar refractivity (Wildman–Crippen MR) is 123 cm³/mol. The first-order valence-corrected chi connectivity index (χ1v) is 12.0. The molecule has 0 aliphatic rings. The number of aliphatic carboxylic acids is 1. The number of carbonyl (C=O) groups is 4. The van der Waals surface area contributed by atoms with Gasteiger partial charge in [-0.1, -0.05) is 27.7 Å². The SMILES string of the molecule is CSCCC(NC(=O)C(NC(=O)C(CS)NC(=O)C(N)CC(C)C)C(C)C)C(=O)O. The molecular formula is C19H36N4O5S2. The molecule has 4 unspecified atom stereocenters. The largest absolute Gasteiger partial charge is 0.480 e. The van der Waals surface area contributed by atoms with Gasteiger partial charge >= 0.3 is 5.97 Å². The molecule has 174 valence electrons. The Balaban J connectivity index is 5.12. The summed E-state index contributed by atoms with van der Waals surface area (Å²) in [6, 6.07) is -3.73. The summed E-state index contributed by atoms with van der Waals surface area (Å²) in [5, 5.41) is 17.0. The van der Waals surface area contributed by atoms with Gasteiger partial charge in [0.15, 0.2) is 0 Å². The number of amides is 3. The fraction of sp³-hybridized carbons (Fsp3) is 0.789. The number of rotatable bonds is 14. The number of thiol groups is 1. The van der Waals surface area contributed by atoms with Crippen molar-refractivity contribution in [2.75, 3.05) is 17.8 Å². The number of hydrogen-bond acceptors (Lipinski definition) is 7. The molecule has 0 aromatic rings. The van der Waals surface area contributed by atoms with Crippen LogP contribution in [0.25, 0.3) is 0 Å². The Bertz CT molecular complexity index is 589. The van der Waals surface area contributed by atoms with Crippen LogP contribution in [0.15, 0.2) is 0 Å². The van der Waals surface area contributed by atoms with Crippen LogP contribution < -0.4 is 21.7 Å². The second-order valence-corrected chi connectivity index (χ2v) is 9.24. The van der Waals surface area contributed by atoms with Crippen molar-refractivity contribution in [2.24, 2.45) is 17.6 Å². The van der Waals surface area contributed by atoms with Crippen molar-refractivity contribution in [1.29, 1.82) is 0 Å². The first-order chi connectivity index (χ1) is 13.9. The van der Waals surface area contributed by atoms with Gasteiger partial charge in [0, 0.05) is 5.75 Å². The lowest BCUT2D eigenvalue weighted by Gasteiger charge is -2.26. The topological polar surface area (TPSA) is 151 Å². The molecule has 0 spiro atoms. The molecule has 0 aromatic carbocycles. The minimum absolute atomic E-state index is 0.0177. The third-order valence-corrected chi connectivity index (χ3v) is 5.36. The van der Waals surface area contributed by atoms with Crippen LogP contribution >= 0.6 is 24.4 Å². The van der Waals surface area contributed by atoms with E-state index < -0.39 is 47.9 Å². The highest BCUT2D eigenvalue weighted by atomic mass is 32.2. The summed E-state index contributed by atoms with van der Waals surface area (Å²) in [6.07, 6.45) is 2.58. The van der Waals surface area contributed by atoms with Gasteiger partial charge < -0.3 is 26.8 Å². The molecule has 0 aliphatic heterocycles. The molecule has 0 aromatic heterocycles. The van der Waals surface area contributed by atoms with Crippen LogP contribution in [-0.4, -0.2) is 70.7 Å². The monoisotopic (exact) mass is 464 g/mol. The number of nitrogens with one attached hydrogen (secondary N) is 3. The lowest BCUT2D eigenvalue weighted by atomic mass is 10.0. The zero-order valence-corrected chi connectivity index (χ0v) is 20.0. The van der Waals surface area contributed by atoms with Gasteiger partial charge in [0.05, 0.1) is 6.04 Å². The van der Waals surface area contributed by atoms with Gasteiger partial charge in [-0.25, -0.2) is 4.79 Å². The fourth-order valence-corrected chi connectivity index (χ4v) is 3.36. The van der Waals surface area contributed by atoms with E-state index in [2.05, 4.69) is 28.6 Å². The molecule has 0 bridgehead atoms. The van der Waals surface area contributed by atoms with E-state index in [1.165, 1.54) is 11.8 Å². The van der Waals surface area contributed by atoms with Crippen molar-refractivity contribution in [2.45, 2.75) is 64.7 Å². The summed E-state index contributed by atoms with van der Waals surface area (Å²) < 4.78 is 0. The Morgan fingerprint density at radius 1 is 0.967 bits per heavy atom. The Kier molecular flexibility index (Phi) is 13.8. The van der Waals surface area contributed by atoms with Crippen molar-refractivity contribution in [3.05, 3.63) is 0 Å². The number of carbonyl (C=O) groups excluding carboxylic acids is 3. The van der Waals surface area contributed by atoms with Crippen molar-refractivity contribution in [3.8, 4) is 0 Å². The van der Waals surface area contributed by atoms with Gasteiger partial charge in [-0.15, -0.1) is 0 Å². The highest BCUT2D eigenvalue weighted by molar-refractivity contribution is 7.98. The maximum Gasteiger partial charge on any atom is 0.326 e. The summed E-state index contributed by atoms with van der Waals surface area (Å²) in [7, 11) is 0. The number of hydrogen-bond donors (Lipinski definition) is 6. The van der Waals surface area contributed by atoms with E-state index in [0.717, 1.165) is 0 Å².